The van der Waals surface area contributed by atoms with Gasteiger partial charge in [0.1, 0.15) is 0 Å². The van der Waals surface area contributed by atoms with Crippen molar-refractivity contribution in [3.8, 4) is 0 Å². The van der Waals surface area contributed by atoms with E-state index in [2.05, 4.69) is 17.4 Å². The number of nitrogens with one attached hydrogen (secondary N) is 1. The maximum absolute atomic E-state index is 9.23. The maximum atomic E-state index is 9.23. The third-order valence-electron chi connectivity index (χ3n) is 2.54. The summed E-state index contributed by atoms with van der Waals surface area (Å²) in [5.74, 6) is 0. The highest BCUT2D eigenvalue weighted by molar-refractivity contribution is 5.15. The molecular formula is C13H21NO2. The van der Waals surface area contributed by atoms with E-state index in [0.717, 1.165) is 13.0 Å². The molecule has 3 heteroatoms. The number of hydrogen-bond acceptors (Lipinski definition) is 3. The van der Waals surface area contributed by atoms with Crippen LogP contribution < -0.4 is 5.32 Å². The first-order valence-electron chi connectivity index (χ1n) is 5.78. The molecule has 0 amide bonds. The van der Waals surface area contributed by atoms with Crippen molar-refractivity contribution in [3.05, 3.63) is 35.9 Å². The van der Waals surface area contributed by atoms with E-state index in [4.69, 9.17) is 5.11 Å². The Morgan fingerprint density at radius 3 is 2.50 bits per heavy atom. The van der Waals surface area contributed by atoms with Crippen LogP contribution in [0, 0.1) is 0 Å². The highest BCUT2D eigenvalue weighted by Gasteiger charge is 2.07. The third-order valence-corrected chi connectivity index (χ3v) is 2.54. The van der Waals surface area contributed by atoms with E-state index in [-0.39, 0.29) is 18.8 Å². The van der Waals surface area contributed by atoms with Crippen LogP contribution in [0.25, 0.3) is 0 Å². The Kier molecular flexibility index (Phi) is 6.08. The second-order valence-electron chi connectivity index (χ2n) is 4.16. The number of aliphatic hydroxyl groups is 2. The highest BCUT2D eigenvalue weighted by atomic mass is 16.3. The summed E-state index contributed by atoms with van der Waals surface area (Å²) < 4.78 is 0. The van der Waals surface area contributed by atoms with E-state index in [0.29, 0.717) is 6.42 Å². The molecule has 0 radical (unpaired) electrons. The Morgan fingerprint density at radius 1 is 1.25 bits per heavy atom. The van der Waals surface area contributed by atoms with E-state index in [9.17, 15) is 5.11 Å². The minimum absolute atomic E-state index is 0.0705. The highest BCUT2D eigenvalue weighted by Crippen LogP contribution is 2.03. The summed E-state index contributed by atoms with van der Waals surface area (Å²) in [4.78, 5) is 0. The van der Waals surface area contributed by atoms with Gasteiger partial charge in [-0.2, -0.15) is 0 Å². The van der Waals surface area contributed by atoms with Crippen LogP contribution in [0.5, 0.6) is 0 Å². The van der Waals surface area contributed by atoms with Gasteiger partial charge >= 0.3 is 0 Å². The fourth-order valence-corrected chi connectivity index (χ4v) is 1.60. The zero-order valence-corrected chi connectivity index (χ0v) is 9.76. The van der Waals surface area contributed by atoms with Crippen LogP contribution in [0.15, 0.2) is 30.3 Å². The SMILES string of the molecule is CC(O)CCNC(CO)Cc1ccccc1. The van der Waals surface area contributed by atoms with Gasteiger partial charge < -0.3 is 15.5 Å². The van der Waals surface area contributed by atoms with Gasteiger partial charge in [-0.3, -0.25) is 0 Å². The lowest BCUT2D eigenvalue weighted by Gasteiger charge is -2.16. The molecule has 0 bridgehead atoms. The first-order valence-corrected chi connectivity index (χ1v) is 5.78. The Labute approximate surface area is 97.1 Å². The molecule has 2 unspecified atom stereocenters. The van der Waals surface area contributed by atoms with Crippen molar-refractivity contribution in [2.75, 3.05) is 13.2 Å². The van der Waals surface area contributed by atoms with E-state index < -0.39 is 0 Å². The van der Waals surface area contributed by atoms with E-state index in [1.165, 1.54) is 5.56 Å². The molecule has 0 fully saturated rings. The molecule has 0 heterocycles. The number of aliphatic hydroxyl groups excluding tert-OH is 2. The normalized spacial score (nSPS) is 14.7. The molecule has 0 aliphatic heterocycles. The van der Waals surface area contributed by atoms with E-state index in [1.807, 2.05) is 18.2 Å². The molecule has 0 aliphatic carbocycles. The molecule has 16 heavy (non-hydrogen) atoms. The van der Waals surface area contributed by atoms with Gasteiger partial charge in [0.05, 0.1) is 12.7 Å². The monoisotopic (exact) mass is 223 g/mol. The predicted molar refractivity (Wildman–Crippen MR) is 65.3 cm³/mol. The lowest BCUT2D eigenvalue weighted by Crippen LogP contribution is -2.36. The predicted octanol–water partition coefficient (Wildman–Crippen LogP) is 0.950. The Bertz CT molecular complexity index is 275. The molecule has 3 N–H and O–H groups in total. The summed E-state index contributed by atoms with van der Waals surface area (Å²) >= 11 is 0. The van der Waals surface area contributed by atoms with E-state index in [1.54, 1.807) is 6.92 Å². The zero-order valence-electron chi connectivity index (χ0n) is 9.76. The molecule has 90 valence electrons. The maximum Gasteiger partial charge on any atom is 0.0587 e. The first-order chi connectivity index (χ1) is 7.72. The molecule has 0 saturated heterocycles. The van der Waals surface area contributed by atoms with Gasteiger partial charge in [0.15, 0.2) is 0 Å². The minimum atomic E-state index is -0.288. The quantitative estimate of drug-likeness (QED) is 0.645. The minimum Gasteiger partial charge on any atom is -0.395 e. The Hall–Kier alpha value is -0.900. The smallest absolute Gasteiger partial charge is 0.0587 e. The lowest BCUT2D eigenvalue weighted by atomic mass is 10.1. The van der Waals surface area contributed by atoms with Gasteiger partial charge in [-0.15, -0.1) is 0 Å². The molecular weight excluding hydrogens is 202 g/mol. The molecule has 0 aliphatic rings. The summed E-state index contributed by atoms with van der Waals surface area (Å²) in [5, 5.41) is 21.6. The standard InChI is InChI=1S/C13H21NO2/c1-11(16)7-8-14-13(10-15)9-12-5-3-2-4-6-12/h2-6,11,13-16H,7-10H2,1H3. The van der Waals surface area contributed by atoms with Gasteiger partial charge in [0.25, 0.3) is 0 Å². The summed E-state index contributed by atoms with van der Waals surface area (Å²) in [7, 11) is 0. The van der Waals surface area contributed by atoms with Gasteiger partial charge in [-0.1, -0.05) is 30.3 Å². The fraction of sp³-hybridized carbons (Fsp3) is 0.538. The van der Waals surface area contributed by atoms with Crippen LogP contribution in [0.2, 0.25) is 0 Å². The van der Waals surface area contributed by atoms with Crippen LogP contribution in [0.3, 0.4) is 0 Å². The fourth-order valence-electron chi connectivity index (χ4n) is 1.60. The Balaban J connectivity index is 2.32. The third kappa shape index (κ3) is 5.26. The topological polar surface area (TPSA) is 52.5 Å². The van der Waals surface area contributed by atoms with Crippen LogP contribution in [-0.2, 0) is 6.42 Å². The van der Waals surface area contributed by atoms with Crippen molar-refractivity contribution in [1.82, 2.24) is 5.32 Å². The zero-order chi connectivity index (χ0) is 11.8. The van der Waals surface area contributed by atoms with Crippen molar-refractivity contribution in [1.29, 1.82) is 0 Å². The summed E-state index contributed by atoms with van der Waals surface area (Å²) in [6.45, 7) is 2.62. The van der Waals surface area contributed by atoms with Crippen LogP contribution >= 0.6 is 0 Å². The van der Waals surface area contributed by atoms with Crippen molar-refractivity contribution >= 4 is 0 Å². The van der Waals surface area contributed by atoms with Crippen LogP contribution in [0.4, 0.5) is 0 Å². The largest absolute Gasteiger partial charge is 0.395 e. The van der Waals surface area contributed by atoms with Crippen LogP contribution in [-0.4, -0.2) is 35.5 Å². The summed E-state index contributed by atoms with van der Waals surface area (Å²) in [6, 6.07) is 10.2. The average Bonchev–Trinajstić information content (AvgIpc) is 2.28. The first kappa shape index (κ1) is 13.2. The van der Waals surface area contributed by atoms with Crippen molar-refractivity contribution < 1.29 is 10.2 Å². The van der Waals surface area contributed by atoms with Crippen molar-refractivity contribution in [2.24, 2.45) is 0 Å². The van der Waals surface area contributed by atoms with Gasteiger partial charge in [-0.25, -0.2) is 0 Å². The number of benzene rings is 1. The van der Waals surface area contributed by atoms with Crippen LogP contribution in [0.1, 0.15) is 18.9 Å². The molecule has 0 aromatic heterocycles. The molecule has 1 aromatic carbocycles. The van der Waals surface area contributed by atoms with Gasteiger partial charge in [0.2, 0.25) is 0 Å². The number of hydrogen-bond donors (Lipinski definition) is 3. The van der Waals surface area contributed by atoms with E-state index >= 15 is 0 Å². The van der Waals surface area contributed by atoms with Gasteiger partial charge in [-0.05, 0) is 31.9 Å². The molecule has 2 atom stereocenters. The molecule has 1 aromatic rings. The summed E-state index contributed by atoms with van der Waals surface area (Å²) in [6.07, 6.45) is 1.24. The number of rotatable bonds is 7. The summed E-state index contributed by atoms with van der Waals surface area (Å²) in [5.41, 5.74) is 1.21. The second kappa shape index (κ2) is 7.39. The van der Waals surface area contributed by atoms with Crippen molar-refractivity contribution in [3.63, 3.8) is 0 Å². The van der Waals surface area contributed by atoms with Crippen molar-refractivity contribution in [2.45, 2.75) is 31.9 Å². The second-order valence-corrected chi connectivity index (χ2v) is 4.16. The molecule has 0 saturated carbocycles. The van der Waals surface area contributed by atoms with Gasteiger partial charge in [0, 0.05) is 6.04 Å². The Morgan fingerprint density at radius 2 is 1.94 bits per heavy atom. The average molecular weight is 223 g/mol. The molecule has 1 rings (SSSR count). The molecule has 0 spiro atoms. The lowest BCUT2D eigenvalue weighted by molar-refractivity contribution is 0.177. The molecule has 3 nitrogen and oxygen atoms in total.